The highest BCUT2D eigenvalue weighted by atomic mass is 79.9. The van der Waals surface area contributed by atoms with Gasteiger partial charge in [-0.1, -0.05) is 22.0 Å². The fourth-order valence-electron chi connectivity index (χ4n) is 1.24. The zero-order chi connectivity index (χ0) is 8.48. The minimum atomic E-state index is 0.109. The molecule has 1 atom stereocenters. The Morgan fingerprint density at radius 1 is 1.73 bits per heavy atom. The van der Waals surface area contributed by atoms with Gasteiger partial charge in [-0.2, -0.15) is 0 Å². The third-order valence-electron chi connectivity index (χ3n) is 1.82. The molecule has 0 aromatic heterocycles. The van der Waals surface area contributed by atoms with Crippen molar-refractivity contribution in [2.45, 2.75) is 24.6 Å². The molecule has 0 saturated heterocycles. The summed E-state index contributed by atoms with van der Waals surface area (Å²) in [4.78, 5) is 0. The number of nitrogens with one attached hydrogen (secondary N) is 1. The fourth-order valence-corrected chi connectivity index (χ4v) is 1.80. The van der Waals surface area contributed by atoms with E-state index in [-0.39, 0.29) is 4.32 Å². The second-order valence-electron chi connectivity index (χ2n) is 3.13. The van der Waals surface area contributed by atoms with E-state index in [2.05, 4.69) is 41.3 Å². The maximum absolute atomic E-state index is 5.31. The van der Waals surface area contributed by atoms with Gasteiger partial charge in [-0.3, -0.25) is 5.84 Å². The van der Waals surface area contributed by atoms with Crippen LogP contribution in [-0.4, -0.2) is 4.32 Å². The topological polar surface area (TPSA) is 38.0 Å². The summed E-state index contributed by atoms with van der Waals surface area (Å²) in [6.07, 6.45) is 5.12. The lowest BCUT2D eigenvalue weighted by atomic mass is 9.95. The molecule has 0 radical (unpaired) electrons. The molecular weight excluding hydrogens is 204 g/mol. The van der Waals surface area contributed by atoms with E-state index in [0.29, 0.717) is 0 Å². The molecule has 0 heterocycles. The van der Waals surface area contributed by atoms with E-state index in [1.165, 1.54) is 5.57 Å². The SMILES string of the molecule is CC1=C(NN)C=CC(C)(Br)C1. The first-order valence-electron chi connectivity index (χ1n) is 3.60. The minimum absolute atomic E-state index is 0.109. The summed E-state index contributed by atoms with van der Waals surface area (Å²) in [6.45, 7) is 4.22. The largest absolute Gasteiger partial charge is 0.324 e. The molecule has 0 bridgehead atoms. The van der Waals surface area contributed by atoms with Gasteiger partial charge in [0.05, 0.1) is 0 Å². The number of hydrogen-bond donors (Lipinski definition) is 2. The van der Waals surface area contributed by atoms with Gasteiger partial charge in [0, 0.05) is 10.0 Å². The Morgan fingerprint density at radius 2 is 2.36 bits per heavy atom. The first-order valence-corrected chi connectivity index (χ1v) is 4.39. The van der Waals surface area contributed by atoms with Gasteiger partial charge < -0.3 is 5.43 Å². The summed E-state index contributed by atoms with van der Waals surface area (Å²) < 4.78 is 0.109. The molecule has 1 rings (SSSR count). The van der Waals surface area contributed by atoms with E-state index in [4.69, 9.17) is 5.84 Å². The molecule has 3 heteroatoms. The molecule has 0 aliphatic heterocycles. The summed E-state index contributed by atoms with van der Waals surface area (Å²) >= 11 is 3.60. The van der Waals surface area contributed by atoms with Crippen molar-refractivity contribution in [2.75, 3.05) is 0 Å². The smallest absolute Gasteiger partial charge is 0.0472 e. The number of hydrogen-bond acceptors (Lipinski definition) is 2. The number of halogens is 1. The summed E-state index contributed by atoms with van der Waals surface area (Å²) in [6, 6.07) is 0. The predicted octanol–water partition coefficient (Wildman–Crippen LogP) is 1.84. The van der Waals surface area contributed by atoms with Crippen molar-refractivity contribution in [2.24, 2.45) is 5.84 Å². The van der Waals surface area contributed by atoms with Crippen molar-refractivity contribution in [3.05, 3.63) is 23.4 Å². The van der Waals surface area contributed by atoms with Gasteiger partial charge in [-0.05, 0) is 31.9 Å². The average Bonchev–Trinajstić information content (AvgIpc) is 1.86. The lowest BCUT2D eigenvalue weighted by Crippen LogP contribution is -2.26. The molecule has 0 amide bonds. The molecule has 0 aromatic carbocycles. The van der Waals surface area contributed by atoms with Crippen LogP contribution < -0.4 is 11.3 Å². The number of hydrazine groups is 1. The number of nitrogens with two attached hydrogens (primary N) is 1. The van der Waals surface area contributed by atoms with E-state index in [0.717, 1.165) is 12.1 Å². The van der Waals surface area contributed by atoms with Crippen LogP contribution in [0.25, 0.3) is 0 Å². The molecule has 0 saturated carbocycles. The van der Waals surface area contributed by atoms with E-state index in [1.54, 1.807) is 0 Å². The van der Waals surface area contributed by atoms with E-state index >= 15 is 0 Å². The van der Waals surface area contributed by atoms with Crippen LogP contribution in [-0.2, 0) is 0 Å². The lowest BCUT2D eigenvalue weighted by Gasteiger charge is -2.24. The summed E-state index contributed by atoms with van der Waals surface area (Å²) in [5, 5.41) is 0. The molecular formula is C8H13BrN2. The van der Waals surface area contributed by atoms with Crippen LogP contribution in [0.2, 0.25) is 0 Å². The van der Waals surface area contributed by atoms with Gasteiger partial charge >= 0.3 is 0 Å². The minimum Gasteiger partial charge on any atom is -0.324 e. The van der Waals surface area contributed by atoms with E-state index < -0.39 is 0 Å². The first-order chi connectivity index (χ1) is 5.05. The maximum Gasteiger partial charge on any atom is 0.0472 e. The quantitative estimate of drug-likeness (QED) is 0.399. The van der Waals surface area contributed by atoms with Crippen LogP contribution in [0.15, 0.2) is 23.4 Å². The van der Waals surface area contributed by atoms with Crippen LogP contribution in [0.4, 0.5) is 0 Å². The van der Waals surface area contributed by atoms with Crippen molar-refractivity contribution in [3.63, 3.8) is 0 Å². The molecule has 1 aliphatic rings. The van der Waals surface area contributed by atoms with Crippen LogP contribution >= 0.6 is 15.9 Å². The van der Waals surface area contributed by atoms with Gasteiger partial charge in [-0.25, -0.2) is 0 Å². The van der Waals surface area contributed by atoms with Crippen molar-refractivity contribution < 1.29 is 0 Å². The molecule has 62 valence electrons. The highest BCUT2D eigenvalue weighted by molar-refractivity contribution is 9.10. The number of allylic oxidation sites excluding steroid dienone is 3. The summed E-state index contributed by atoms with van der Waals surface area (Å²) in [5.41, 5.74) is 4.98. The Kier molecular flexibility index (Phi) is 2.40. The Hall–Kier alpha value is -0.280. The predicted molar refractivity (Wildman–Crippen MR) is 51.1 cm³/mol. The third kappa shape index (κ3) is 2.07. The van der Waals surface area contributed by atoms with Crippen LogP contribution in [0.1, 0.15) is 20.3 Å². The molecule has 1 aliphatic carbocycles. The first kappa shape index (κ1) is 8.81. The van der Waals surface area contributed by atoms with Gasteiger partial charge in [0.25, 0.3) is 0 Å². The molecule has 2 nitrogen and oxygen atoms in total. The fraction of sp³-hybridized carbons (Fsp3) is 0.500. The Labute approximate surface area is 75.6 Å². The van der Waals surface area contributed by atoms with Gasteiger partial charge in [-0.15, -0.1) is 0 Å². The second-order valence-corrected chi connectivity index (χ2v) is 4.94. The van der Waals surface area contributed by atoms with Crippen molar-refractivity contribution >= 4 is 15.9 Å². The van der Waals surface area contributed by atoms with E-state index in [9.17, 15) is 0 Å². The number of rotatable bonds is 1. The standard InChI is InChI=1S/C8H13BrN2/c1-6-5-8(2,9)4-3-7(6)11-10/h3-4,11H,5,10H2,1-2H3. The highest BCUT2D eigenvalue weighted by Gasteiger charge is 2.21. The summed E-state index contributed by atoms with van der Waals surface area (Å²) in [7, 11) is 0. The van der Waals surface area contributed by atoms with Gasteiger partial charge in [0.15, 0.2) is 0 Å². The van der Waals surface area contributed by atoms with Crippen LogP contribution in [0.3, 0.4) is 0 Å². The monoisotopic (exact) mass is 216 g/mol. The maximum atomic E-state index is 5.31. The van der Waals surface area contributed by atoms with Crippen molar-refractivity contribution in [3.8, 4) is 0 Å². The molecule has 0 fully saturated rings. The molecule has 0 spiro atoms. The zero-order valence-electron chi connectivity index (χ0n) is 6.82. The van der Waals surface area contributed by atoms with Crippen LogP contribution in [0.5, 0.6) is 0 Å². The molecule has 3 N–H and O–H groups in total. The summed E-state index contributed by atoms with van der Waals surface area (Å²) in [5.74, 6) is 5.31. The van der Waals surface area contributed by atoms with Gasteiger partial charge in [0.2, 0.25) is 0 Å². The van der Waals surface area contributed by atoms with Crippen LogP contribution in [0, 0.1) is 0 Å². The Bertz CT molecular complexity index is 216. The zero-order valence-corrected chi connectivity index (χ0v) is 8.40. The van der Waals surface area contributed by atoms with E-state index in [1.807, 2.05) is 6.08 Å². The molecule has 0 aromatic rings. The normalized spacial score (nSPS) is 30.9. The Balaban J connectivity index is 2.82. The highest BCUT2D eigenvalue weighted by Crippen LogP contribution is 2.32. The Morgan fingerprint density at radius 3 is 2.82 bits per heavy atom. The second kappa shape index (κ2) is 2.99. The average molecular weight is 217 g/mol. The third-order valence-corrected chi connectivity index (χ3v) is 2.37. The molecule has 1 unspecified atom stereocenters. The lowest BCUT2D eigenvalue weighted by molar-refractivity contribution is 0.742. The van der Waals surface area contributed by atoms with Crippen molar-refractivity contribution in [1.29, 1.82) is 0 Å². The van der Waals surface area contributed by atoms with Gasteiger partial charge in [0.1, 0.15) is 0 Å². The molecule has 11 heavy (non-hydrogen) atoms. The van der Waals surface area contributed by atoms with Crippen molar-refractivity contribution in [1.82, 2.24) is 5.43 Å². The number of alkyl halides is 1.